The van der Waals surface area contributed by atoms with Gasteiger partial charge in [0.25, 0.3) is 5.91 Å². The van der Waals surface area contributed by atoms with E-state index in [9.17, 15) is 13.2 Å². The van der Waals surface area contributed by atoms with Gasteiger partial charge in [-0.05, 0) is 44.5 Å². The number of aromatic nitrogens is 1. The minimum atomic E-state index is -3.59. The number of carbonyl (C=O) groups excluding carboxylic acids is 1. The molecule has 1 amide bonds. The Kier molecular flexibility index (Phi) is 3.73. The Labute approximate surface area is 145 Å². The number of rotatable bonds is 3. The molecule has 2 aromatic rings. The first-order chi connectivity index (χ1) is 12.0. The number of anilines is 1. The molecule has 2 heterocycles. The van der Waals surface area contributed by atoms with Crippen LogP contribution in [0.25, 0.3) is 11.6 Å². The highest BCUT2D eigenvalue weighted by molar-refractivity contribution is 7.89. The van der Waals surface area contributed by atoms with Crippen LogP contribution in [-0.4, -0.2) is 26.4 Å². The summed E-state index contributed by atoms with van der Waals surface area (Å²) in [7, 11) is -2.24. The molecule has 0 bridgehead atoms. The number of fused-ring (bicyclic) bond motifs is 2. The monoisotopic (exact) mass is 359 g/mol. The van der Waals surface area contributed by atoms with Gasteiger partial charge in [-0.25, -0.2) is 18.1 Å². The number of nitrogens with zero attached hydrogens (tertiary/aromatic N) is 1. The maximum atomic E-state index is 12.3. The molecule has 2 N–H and O–H groups in total. The lowest BCUT2D eigenvalue weighted by Crippen LogP contribution is -2.18. The van der Waals surface area contributed by atoms with Crippen molar-refractivity contribution in [2.24, 2.45) is 0 Å². The number of sulfonamides is 1. The molecule has 0 atom stereocenters. The number of aryl methyl sites for hydroxylation is 2. The van der Waals surface area contributed by atoms with Crippen LogP contribution in [0.2, 0.25) is 0 Å². The summed E-state index contributed by atoms with van der Waals surface area (Å²) in [6.07, 6.45) is 5.49. The molecule has 4 rings (SSSR count). The molecule has 130 valence electrons. The van der Waals surface area contributed by atoms with E-state index in [0.29, 0.717) is 22.7 Å². The third-order valence-electron chi connectivity index (χ3n) is 4.48. The van der Waals surface area contributed by atoms with E-state index in [4.69, 9.17) is 4.42 Å². The van der Waals surface area contributed by atoms with E-state index in [1.165, 1.54) is 19.2 Å². The van der Waals surface area contributed by atoms with Gasteiger partial charge in [-0.3, -0.25) is 4.79 Å². The van der Waals surface area contributed by atoms with Crippen molar-refractivity contribution in [3.05, 3.63) is 41.1 Å². The average Bonchev–Trinajstić information content (AvgIpc) is 3.15. The largest absolute Gasteiger partial charge is 0.441 e. The summed E-state index contributed by atoms with van der Waals surface area (Å²) in [5.41, 5.74) is 2.39. The maximum absolute atomic E-state index is 12.3. The van der Waals surface area contributed by atoms with Crippen molar-refractivity contribution in [1.29, 1.82) is 0 Å². The first-order valence-electron chi connectivity index (χ1n) is 8.07. The molecule has 1 aromatic carbocycles. The van der Waals surface area contributed by atoms with Crippen LogP contribution in [0.3, 0.4) is 0 Å². The molecule has 0 unspecified atom stereocenters. The highest BCUT2D eigenvalue weighted by Crippen LogP contribution is 2.35. The zero-order chi connectivity index (χ0) is 17.6. The Morgan fingerprint density at radius 2 is 2.08 bits per heavy atom. The van der Waals surface area contributed by atoms with Crippen molar-refractivity contribution >= 4 is 33.3 Å². The topological polar surface area (TPSA) is 101 Å². The highest BCUT2D eigenvalue weighted by atomic mass is 32.2. The van der Waals surface area contributed by atoms with Crippen LogP contribution in [0.15, 0.2) is 27.5 Å². The highest BCUT2D eigenvalue weighted by Gasteiger charge is 2.27. The van der Waals surface area contributed by atoms with Gasteiger partial charge in [-0.2, -0.15) is 0 Å². The van der Waals surface area contributed by atoms with Crippen LogP contribution in [0.4, 0.5) is 5.69 Å². The summed E-state index contributed by atoms with van der Waals surface area (Å²) in [6.45, 7) is 0. The van der Waals surface area contributed by atoms with Crippen molar-refractivity contribution in [2.45, 2.75) is 30.6 Å². The number of oxazole rings is 1. The van der Waals surface area contributed by atoms with Gasteiger partial charge in [-0.1, -0.05) is 0 Å². The fourth-order valence-electron chi connectivity index (χ4n) is 3.15. The third-order valence-corrected chi connectivity index (χ3v) is 5.90. The van der Waals surface area contributed by atoms with Crippen molar-refractivity contribution < 1.29 is 17.6 Å². The number of nitrogens with one attached hydrogen (secondary N) is 2. The van der Waals surface area contributed by atoms with Gasteiger partial charge in [0.15, 0.2) is 0 Å². The second-order valence-electron chi connectivity index (χ2n) is 6.06. The average molecular weight is 359 g/mol. The van der Waals surface area contributed by atoms with E-state index in [2.05, 4.69) is 15.0 Å². The van der Waals surface area contributed by atoms with Gasteiger partial charge in [0.05, 0.1) is 16.2 Å². The predicted octanol–water partition coefficient (Wildman–Crippen LogP) is 1.95. The molecular weight excluding hydrogens is 342 g/mol. The molecule has 7 nitrogen and oxygen atoms in total. The fourth-order valence-corrected chi connectivity index (χ4v) is 3.91. The van der Waals surface area contributed by atoms with Gasteiger partial charge in [0.1, 0.15) is 5.76 Å². The summed E-state index contributed by atoms with van der Waals surface area (Å²) in [4.78, 5) is 16.9. The minimum absolute atomic E-state index is 0.0999. The molecule has 1 aliphatic heterocycles. The molecule has 0 spiro atoms. The SMILES string of the molecule is CNS(=O)(=O)c1ccc2c(c1)C(=Cc1nc3c(o1)CCCC3)C(=O)N2. The molecule has 2 aliphatic rings. The van der Waals surface area contributed by atoms with Gasteiger partial charge < -0.3 is 9.73 Å². The van der Waals surface area contributed by atoms with Gasteiger partial charge >= 0.3 is 0 Å². The molecular formula is C17H17N3O4S. The molecule has 8 heteroatoms. The molecule has 0 saturated heterocycles. The standard InChI is InChI=1S/C17H17N3O4S/c1-18-25(22,23)10-6-7-13-11(8-10)12(17(21)20-13)9-16-19-14-4-2-3-5-15(14)24-16/h6-9,18H,2-5H2,1H3,(H,20,21). The van der Waals surface area contributed by atoms with Crippen LogP contribution in [0, 0.1) is 0 Å². The summed E-state index contributed by atoms with van der Waals surface area (Å²) in [5.74, 6) is 0.959. The quantitative estimate of drug-likeness (QED) is 0.816. The Bertz CT molecular complexity index is 981. The summed E-state index contributed by atoms with van der Waals surface area (Å²) >= 11 is 0. The van der Waals surface area contributed by atoms with Crippen LogP contribution in [0.1, 0.15) is 35.7 Å². The van der Waals surface area contributed by atoms with Gasteiger partial charge in [-0.15, -0.1) is 0 Å². The Morgan fingerprint density at radius 3 is 2.84 bits per heavy atom. The number of hydrogen-bond acceptors (Lipinski definition) is 5. The Balaban J connectivity index is 1.78. The van der Waals surface area contributed by atoms with Crippen molar-refractivity contribution in [2.75, 3.05) is 12.4 Å². The fraction of sp³-hybridized carbons (Fsp3) is 0.294. The minimum Gasteiger partial charge on any atom is -0.441 e. The lowest BCUT2D eigenvalue weighted by atomic mass is 10.0. The predicted molar refractivity (Wildman–Crippen MR) is 92.3 cm³/mol. The zero-order valence-corrected chi connectivity index (χ0v) is 14.4. The number of hydrogen-bond donors (Lipinski definition) is 2. The van der Waals surface area contributed by atoms with Gasteiger partial charge in [0, 0.05) is 23.7 Å². The van der Waals surface area contributed by atoms with Crippen molar-refractivity contribution in [1.82, 2.24) is 9.71 Å². The molecule has 0 radical (unpaired) electrons. The first kappa shape index (κ1) is 16.0. The maximum Gasteiger partial charge on any atom is 0.256 e. The number of carbonyl (C=O) groups is 1. The summed E-state index contributed by atoms with van der Waals surface area (Å²) in [6, 6.07) is 4.52. The molecule has 0 saturated carbocycles. The Morgan fingerprint density at radius 1 is 1.28 bits per heavy atom. The molecule has 25 heavy (non-hydrogen) atoms. The van der Waals surface area contributed by atoms with Gasteiger partial charge in [0.2, 0.25) is 15.9 Å². The van der Waals surface area contributed by atoms with Crippen molar-refractivity contribution in [3.8, 4) is 0 Å². The van der Waals surface area contributed by atoms with E-state index >= 15 is 0 Å². The van der Waals surface area contributed by atoms with E-state index in [1.807, 2.05) is 0 Å². The smallest absolute Gasteiger partial charge is 0.256 e. The van der Waals surface area contributed by atoms with Crippen LogP contribution < -0.4 is 10.0 Å². The lowest BCUT2D eigenvalue weighted by molar-refractivity contribution is -0.110. The summed E-state index contributed by atoms with van der Waals surface area (Å²) in [5, 5.41) is 2.73. The van der Waals surface area contributed by atoms with Crippen LogP contribution in [0.5, 0.6) is 0 Å². The Hall–Kier alpha value is -2.45. The molecule has 1 aliphatic carbocycles. The summed E-state index contributed by atoms with van der Waals surface area (Å²) < 4.78 is 32.1. The van der Waals surface area contributed by atoms with E-state index in [-0.39, 0.29) is 10.8 Å². The zero-order valence-electron chi connectivity index (χ0n) is 13.6. The van der Waals surface area contributed by atoms with E-state index < -0.39 is 10.0 Å². The second-order valence-corrected chi connectivity index (χ2v) is 7.94. The third kappa shape index (κ3) is 2.77. The second kappa shape index (κ2) is 5.82. The van der Waals surface area contributed by atoms with Crippen molar-refractivity contribution in [3.63, 3.8) is 0 Å². The van der Waals surface area contributed by atoms with E-state index in [0.717, 1.165) is 37.1 Å². The molecule has 1 aromatic heterocycles. The normalized spacial score (nSPS) is 18.1. The van der Waals surface area contributed by atoms with E-state index in [1.54, 1.807) is 12.1 Å². The number of benzene rings is 1. The first-order valence-corrected chi connectivity index (χ1v) is 9.56. The molecule has 0 fully saturated rings. The lowest BCUT2D eigenvalue weighted by Gasteiger charge is -2.05. The van der Waals surface area contributed by atoms with Crippen LogP contribution >= 0.6 is 0 Å². The van der Waals surface area contributed by atoms with Crippen LogP contribution in [-0.2, 0) is 27.7 Å². The number of amides is 1.